The molecule has 2 aliphatic rings. The topological polar surface area (TPSA) is 23.6 Å². The van der Waals surface area contributed by atoms with Crippen molar-refractivity contribution in [3.05, 3.63) is 0 Å². The number of fused-ring (bicyclic) bond motifs is 1. The summed E-state index contributed by atoms with van der Waals surface area (Å²) >= 11 is 0. The van der Waals surface area contributed by atoms with Crippen LogP contribution in [0.2, 0.25) is 0 Å². The summed E-state index contributed by atoms with van der Waals surface area (Å²) in [5, 5.41) is 0. The first-order valence-corrected chi connectivity index (χ1v) is 8.10. The molecule has 0 N–H and O–H groups in total. The second kappa shape index (κ2) is 5.32. The van der Waals surface area contributed by atoms with Gasteiger partial charge in [-0.3, -0.25) is 9.69 Å². The lowest BCUT2D eigenvalue weighted by Crippen LogP contribution is -2.49. The Kier molecular flexibility index (Phi) is 4.21. The van der Waals surface area contributed by atoms with Gasteiger partial charge in [0.2, 0.25) is 5.91 Å². The summed E-state index contributed by atoms with van der Waals surface area (Å²) in [7, 11) is 0. The van der Waals surface area contributed by atoms with E-state index in [1.54, 1.807) is 0 Å². The van der Waals surface area contributed by atoms with Crippen LogP contribution >= 0.6 is 0 Å². The molecule has 0 aromatic heterocycles. The predicted molar refractivity (Wildman–Crippen MR) is 83.6 cm³/mol. The van der Waals surface area contributed by atoms with E-state index in [9.17, 15) is 4.79 Å². The Hall–Kier alpha value is -0.570. The van der Waals surface area contributed by atoms with E-state index in [-0.39, 0.29) is 5.41 Å². The first-order valence-electron chi connectivity index (χ1n) is 8.10. The van der Waals surface area contributed by atoms with Gasteiger partial charge in [0, 0.05) is 31.6 Å². The molecular weight excluding hydrogens is 248 g/mol. The lowest BCUT2D eigenvalue weighted by molar-refractivity contribution is -0.135. The van der Waals surface area contributed by atoms with Gasteiger partial charge >= 0.3 is 0 Å². The van der Waals surface area contributed by atoms with Crippen molar-refractivity contribution < 1.29 is 4.79 Å². The molecule has 20 heavy (non-hydrogen) atoms. The number of piperazine rings is 1. The van der Waals surface area contributed by atoms with Crippen molar-refractivity contribution in [1.29, 1.82) is 0 Å². The summed E-state index contributed by atoms with van der Waals surface area (Å²) < 4.78 is 0. The molecule has 3 heteroatoms. The second-order valence-corrected chi connectivity index (χ2v) is 9.04. The molecule has 1 aliphatic carbocycles. The van der Waals surface area contributed by atoms with E-state index in [1.807, 2.05) is 0 Å². The summed E-state index contributed by atoms with van der Waals surface area (Å²) in [6, 6.07) is 1.16. The monoisotopic (exact) mass is 280 g/mol. The number of nitrogens with zero attached hydrogens (tertiary/aromatic N) is 2. The number of carbonyl (C=O) groups excluding carboxylic acids is 1. The van der Waals surface area contributed by atoms with Gasteiger partial charge in [0.1, 0.15) is 0 Å². The minimum absolute atomic E-state index is 0.102. The quantitative estimate of drug-likeness (QED) is 0.793. The highest BCUT2D eigenvalue weighted by Gasteiger charge is 2.50. The van der Waals surface area contributed by atoms with E-state index in [2.05, 4.69) is 51.3 Å². The van der Waals surface area contributed by atoms with E-state index in [0.29, 0.717) is 29.8 Å². The van der Waals surface area contributed by atoms with E-state index < -0.39 is 0 Å². The normalized spacial score (nSPS) is 27.4. The molecule has 0 aromatic rings. The molecule has 0 radical (unpaired) electrons. The Morgan fingerprint density at radius 3 is 2.20 bits per heavy atom. The molecule has 0 spiro atoms. The maximum Gasteiger partial charge on any atom is 0.223 e. The smallest absolute Gasteiger partial charge is 0.223 e. The Labute approximate surface area is 124 Å². The van der Waals surface area contributed by atoms with Crippen LogP contribution in [0.5, 0.6) is 0 Å². The van der Waals surface area contributed by atoms with Crippen LogP contribution in [0.3, 0.4) is 0 Å². The number of rotatable bonds is 3. The van der Waals surface area contributed by atoms with Gasteiger partial charge in [-0.2, -0.15) is 0 Å². The van der Waals surface area contributed by atoms with E-state index in [4.69, 9.17) is 0 Å². The highest BCUT2D eigenvalue weighted by atomic mass is 16.2. The van der Waals surface area contributed by atoms with Crippen molar-refractivity contribution in [2.45, 2.75) is 72.9 Å². The summed E-state index contributed by atoms with van der Waals surface area (Å²) in [6.45, 7) is 16.5. The van der Waals surface area contributed by atoms with Crippen molar-refractivity contribution in [2.24, 2.45) is 10.8 Å². The third-order valence-corrected chi connectivity index (χ3v) is 4.37. The van der Waals surface area contributed by atoms with Crippen LogP contribution in [0.4, 0.5) is 0 Å². The van der Waals surface area contributed by atoms with Crippen LogP contribution in [0, 0.1) is 10.8 Å². The van der Waals surface area contributed by atoms with Gasteiger partial charge in [0.15, 0.2) is 0 Å². The average Bonchev–Trinajstić information content (AvgIpc) is 3.01. The van der Waals surface area contributed by atoms with Crippen LogP contribution < -0.4 is 0 Å². The van der Waals surface area contributed by atoms with Gasteiger partial charge < -0.3 is 4.90 Å². The average molecular weight is 280 g/mol. The summed E-state index contributed by atoms with van der Waals surface area (Å²) in [5.74, 6) is 0.362. The van der Waals surface area contributed by atoms with E-state index in [0.717, 1.165) is 13.1 Å². The molecule has 2 fully saturated rings. The number of carbonyl (C=O) groups is 1. The van der Waals surface area contributed by atoms with Gasteiger partial charge in [-0.1, -0.05) is 41.5 Å². The van der Waals surface area contributed by atoms with Gasteiger partial charge in [0.05, 0.1) is 0 Å². The number of hydrogen-bond donors (Lipinski definition) is 0. The summed E-state index contributed by atoms with van der Waals surface area (Å²) in [4.78, 5) is 17.1. The van der Waals surface area contributed by atoms with Crippen LogP contribution in [0.25, 0.3) is 0 Å². The molecule has 2 unspecified atom stereocenters. The van der Waals surface area contributed by atoms with Crippen molar-refractivity contribution in [2.75, 3.05) is 19.6 Å². The minimum Gasteiger partial charge on any atom is -0.337 e. The predicted octanol–water partition coefficient (Wildman–Crippen LogP) is 3.14. The summed E-state index contributed by atoms with van der Waals surface area (Å²) in [6.07, 6.45) is 3.12. The fourth-order valence-electron chi connectivity index (χ4n) is 3.09. The molecule has 1 amide bonds. The van der Waals surface area contributed by atoms with Crippen molar-refractivity contribution in [1.82, 2.24) is 9.80 Å². The SMILES string of the molecule is CC(C)(C)CCN1CCN(C(=O)CC(C)(C)C)C2CC21. The van der Waals surface area contributed by atoms with Crippen LogP contribution in [-0.4, -0.2) is 47.4 Å². The standard InChI is InChI=1S/C17H32N2O/c1-16(2,3)7-8-18-9-10-19(14-11-13(14)18)15(20)12-17(4,5)6/h13-14H,7-12H2,1-6H3. The molecule has 1 saturated carbocycles. The van der Waals surface area contributed by atoms with Crippen molar-refractivity contribution in [3.8, 4) is 0 Å². The zero-order valence-electron chi connectivity index (χ0n) is 14.2. The third-order valence-electron chi connectivity index (χ3n) is 4.37. The zero-order valence-corrected chi connectivity index (χ0v) is 14.2. The molecule has 3 nitrogen and oxygen atoms in total. The lowest BCUT2D eigenvalue weighted by atomic mass is 9.91. The van der Waals surface area contributed by atoms with Gasteiger partial charge in [-0.05, 0) is 30.2 Å². The van der Waals surface area contributed by atoms with E-state index in [1.165, 1.54) is 19.4 Å². The molecule has 0 bridgehead atoms. The fourth-order valence-corrected chi connectivity index (χ4v) is 3.09. The highest BCUT2D eigenvalue weighted by molar-refractivity contribution is 5.78. The Morgan fingerprint density at radius 2 is 1.65 bits per heavy atom. The first kappa shape index (κ1) is 15.8. The largest absolute Gasteiger partial charge is 0.337 e. The van der Waals surface area contributed by atoms with Crippen molar-refractivity contribution in [3.63, 3.8) is 0 Å². The Balaban J connectivity index is 1.83. The van der Waals surface area contributed by atoms with E-state index >= 15 is 0 Å². The van der Waals surface area contributed by atoms with Crippen LogP contribution in [-0.2, 0) is 4.79 Å². The number of amides is 1. The molecule has 2 atom stereocenters. The van der Waals surface area contributed by atoms with Crippen LogP contribution in [0.15, 0.2) is 0 Å². The summed E-state index contributed by atoms with van der Waals surface area (Å²) in [5.41, 5.74) is 0.508. The molecule has 2 rings (SSSR count). The first-order chi connectivity index (χ1) is 9.07. The van der Waals surface area contributed by atoms with Gasteiger partial charge in [-0.15, -0.1) is 0 Å². The maximum absolute atomic E-state index is 12.4. The molecule has 1 aliphatic heterocycles. The number of hydrogen-bond acceptors (Lipinski definition) is 2. The molecule has 1 saturated heterocycles. The minimum atomic E-state index is 0.102. The molecule has 0 aromatic carbocycles. The highest BCUT2D eigenvalue weighted by Crippen LogP contribution is 2.38. The fraction of sp³-hybridized carbons (Fsp3) is 0.941. The molecule has 116 valence electrons. The molecular formula is C17H32N2O. The van der Waals surface area contributed by atoms with Crippen LogP contribution in [0.1, 0.15) is 60.8 Å². The molecule has 1 heterocycles. The lowest BCUT2D eigenvalue weighted by Gasteiger charge is -2.36. The third kappa shape index (κ3) is 4.21. The van der Waals surface area contributed by atoms with Gasteiger partial charge in [-0.25, -0.2) is 0 Å². The Bertz CT molecular complexity index is 364. The Morgan fingerprint density at radius 1 is 1.00 bits per heavy atom. The van der Waals surface area contributed by atoms with Crippen molar-refractivity contribution >= 4 is 5.91 Å². The maximum atomic E-state index is 12.4. The second-order valence-electron chi connectivity index (χ2n) is 9.04. The van der Waals surface area contributed by atoms with Gasteiger partial charge in [0.25, 0.3) is 0 Å². The zero-order chi connectivity index (χ0) is 15.1.